The molecular formula is C16H22O2. The molecule has 0 amide bonds. The molecular weight excluding hydrogens is 224 g/mol. The van der Waals surface area contributed by atoms with E-state index in [-0.39, 0.29) is 6.10 Å². The minimum absolute atomic E-state index is 0.288. The summed E-state index contributed by atoms with van der Waals surface area (Å²) in [5.74, 6) is 0.936. The lowest BCUT2D eigenvalue weighted by Crippen LogP contribution is -2.01. The van der Waals surface area contributed by atoms with Gasteiger partial charge < -0.3 is 9.84 Å². The van der Waals surface area contributed by atoms with Crippen molar-refractivity contribution in [1.29, 1.82) is 0 Å². The first-order valence-electron chi connectivity index (χ1n) is 6.66. The number of aliphatic hydroxyl groups excluding tert-OH is 1. The van der Waals surface area contributed by atoms with Gasteiger partial charge in [-0.25, -0.2) is 0 Å². The lowest BCUT2D eigenvalue weighted by Gasteiger charge is -2.14. The van der Waals surface area contributed by atoms with Crippen LogP contribution in [0, 0.1) is 13.8 Å². The fraction of sp³-hybridized carbons (Fsp3) is 0.500. The smallest absolute Gasteiger partial charge is 0.122 e. The molecule has 1 aromatic rings. The van der Waals surface area contributed by atoms with Gasteiger partial charge in [0, 0.05) is 0 Å². The third-order valence-electron chi connectivity index (χ3n) is 3.68. The van der Waals surface area contributed by atoms with E-state index in [0.29, 0.717) is 0 Å². The summed E-state index contributed by atoms with van der Waals surface area (Å²) < 4.78 is 5.35. The van der Waals surface area contributed by atoms with Crippen molar-refractivity contribution in [3.8, 4) is 5.75 Å². The Morgan fingerprint density at radius 1 is 1.17 bits per heavy atom. The molecule has 0 saturated carbocycles. The van der Waals surface area contributed by atoms with Crippen molar-refractivity contribution in [1.82, 2.24) is 0 Å². The summed E-state index contributed by atoms with van der Waals surface area (Å²) >= 11 is 0. The highest BCUT2D eigenvalue weighted by Gasteiger charge is 2.14. The maximum absolute atomic E-state index is 9.88. The zero-order valence-corrected chi connectivity index (χ0v) is 11.5. The molecule has 0 aliphatic heterocycles. The van der Waals surface area contributed by atoms with Crippen LogP contribution in [0.4, 0.5) is 0 Å². The van der Waals surface area contributed by atoms with Crippen LogP contribution in [0.1, 0.15) is 42.4 Å². The van der Waals surface area contributed by atoms with E-state index in [0.717, 1.165) is 37.0 Å². The second-order valence-electron chi connectivity index (χ2n) is 5.14. The minimum atomic E-state index is -0.288. The Morgan fingerprint density at radius 2 is 1.94 bits per heavy atom. The first-order chi connectivity index (χ1) is 8.61. The molecule has 2 heteroatoms. The molecule has 0 bridgehead atoms. The number of aryl methyl sites for hydroxylation is 2. The third-order valence-corrected chi connectivity index (χ3v) is 3.68. The molecule has 2 rings (SSSR count). The van der Waals surface area contributed by atoms with Crippen LogP contribution in [0.25, 0.3) is 5.57 Å². The normalized spacial score (nSPS) is 20.2. The number of rotatable bonds is 2. The molecule has 1 unspecified atom stereocenters. The summed E-state index contributed by atoms with van der Waals surface area (Å²) in [5.41, 5.74) is 4.91. The molecule has 2 nitrogen and oxygen atoms in total. The second kappa shape index (κ2) is 5.57. The fourth-order valence-electron chi connectivity index (χ4n) is 2.65. The topological polar surface area (TPSA) is 29.5 Å². The maximum atomic E-state index is 9.88. The summed E-state index contributed by atoms with van der Waals surface area (Å²) in [4.78, 5) is 0. The van der Waals surface area contributed by atoms with Crippen LogP contribution in [-0.4, -0.2) is 18.3 Å². The van der Waals surface area contributed by atoms with Crippen LogP contribution in [0.3, 0.4) is 0 Å². The van der Waals surface area contributed by atoms with Gasteiger partial charge >= 0.3 is 0 Å². The van der Waals surface area contributed by atoms with Crippen molar-refractivity contribution in [2.75, 3.05) is 7.11 Å². The van der Waals surface area contributed by atoms with E-state index in [4.69, 9.17) is 4.74 Å². The van der Waals surface area contributed by atoms with E-state index >= 15 is 0 Å². The van der Waals surface area contributed by atoms with E-state index < -0.39 is 0 Å². The molecule has 0 heterocycles. The Morgan fingerprint density at radius 3 is 2.67 bits per heavy atom. The van der Waals surface area contributed by atoms with Crippen LogP contribution in [-0.2, 0) is 0 Å². The lowest BCUT2D eigenvalue weighted by molar-refractivity contribution is 0.211. The second-order valence-corrected chi connectivity index (χ2v) is 5.14. The Bertz CT molecular complexity index is 460. The van der Waals surface area contributed by atoms with Crippen LogP contribution in [0.2, 0.25) is 0 Å². The first-order valence-corrected chi connectivity index (χ1v) is 6.66. The van der Waals surface area contributed by atoms with E-state index in [1.54, 1.807) is 7.11 Å². The summed E-state index contributed by atoms with van der Waals surface area (Å²) in [6.45, 7) is 4.17. The molecule has 98 valence electrons. The average Bonchev–Trinajstić information content (AvgIpc) is 2.56. The maximum Gasteiger partial charge on any atom is 0.122 e. The van der Waals surface area contributed by atoms with E-state index in [9.17, 15) is 5.11 Å². The summed E-state index contributed by atoms with van der Waals surface area (Å²) in [7, 11) is 1.70. The molecule has 1 aliphatic rings. The zero-order chi connectivity index (χ0) is 13.1. The Balaban J connectivity index is 2.41. The van der Waals surface area contributed by atoms with Gasteiger partial charge in [-0.2, -0.15) is 0 Å². The predicted molar refractivity (Wildman–Crippen MR) is 74.9 cm³/mol. The summed E-state index contributed by atoms with van der Waals surface area (Å²) in [5, 5.41) is 9.88. The van der Waals surface area contributed by atoms with Crippen LogP contribution >= 0.6 is 0 Å². The molecule has 0 spiro atoms. The number of methoxy groups -OCH3 is 1. The van der Waals surface area contributed by atoms with Crippen molar-refractivity contribution in [3.05, 3.63) is 34.9 Å². The molecule has 0 fully saturated rings. The SMILES string of the molecule is COc1cc(C)c(C2=CC(O)CCCC2)cc1C. The van der Waals surface area contributed by atoms with E-state index in [1.807, 2.05) is 6.08 Å². The Kier molecular flexibility index (Phi) is 4.07. The molecule has 1 atom stereocenters. The van der Waals surface area contributed by atoms with Gasteiger partial charge in [-0.3, -0.25) is 0 Å². The highest BCUT2D eigenvalue weighted by molar-refractivity contribution is 5.70. The average molecular weight is 246 g/mol. The van der Waals surface area contributed by atoms with Gasteiger partial charge in [-0.05, 0) is 67.5 Å². The minimum Gasteiger partial charge on any atom is -0.496 e. The quantitative estimate of drug-likeness (QED) is 0.863. The van der Waals surface area contributed by atoms with Crippen LogP contribution < -0.4 is 4.74 Å². The van der Waals surface area contributed by atoms with Crippen LogP contribution in [0.5, 0.6) is 5.75 Å². The fourth-order valence-corrected chi connectivity index (χ4v) is 2.65. The van der Waals surface area contributed by atoms with Crippen molar-refractivity contribution >= 4 is 5.57 Å². The summed E-state index contributed by atoms with van der Waals surface area (Å²) in [6.07, 6.45) is 5.95. The highest BCUT2D eigenvalue weighted by Crippen LogP contribution is 2.32. The number of hydrogen-bond acceptors (Lipinski definition) is 2. The molecule has 1 aromatic carbocycles. The molecule has 0 aromatic heterocycles. The molecule has 18 heavy (non-hydrogen) atoms. The lowest BCUT2D eigenvalue weighted by atomic mass is 9.94. The number of allylic oxidation sites excluding steroid dienone is 1. The highest BCUT2D eigenvalue weighted by atomic mass is 16.5. The monoisotopic (exact) mass is 246 g/mol. The van der Waals surface area contributed by atoms with Crippen molar-refractivity contribution in [3.63, 3.8) is 0 Å². The van der Waals surface area contributed by atoms with Gasteiger partial charge in [0.15, 0.2) is 0 Å². The van der Waals surface area contributed by atoms with Crippen molar-refractivity contribution < 1.29 is 9.84 Å². The largest absolute Gasteiger partial charge is 0.496 e. The van der Waals surface area contributed by atoms with Crippen LogP contribution in [0.15, 0.2) is 18.2 Å². The van der Waals surface area contributed by atoms with Crippen molar-refractivity contribution in [2.45, 2.75) is 45.6 Å². The van der Waals surface area contributed by atoms with Gasteiger partial charge in [-0.1, -0.05) is 12.5 Å². The number of hydrogen-bond donors (Lipinski definition) is 1. The Hall–Kier alpha value is -1.28. The summed E-state index contributed by atoms with van der Waals surface area (Å²) in [6, 6.07) is 4.26. The zero-order valence-electron chi connectivity index (χ0n) is 11.5. The van der Waals surface area contributed by atoms with Gasteiger partial charge in [-0.15, -0.1) is 0 Å². The standard InChI is InChI=1S/C16H22O2/c1-11-9-16(18-3)12(2)8-15(11)13-6-4-5-7-14(17)10-13/h8-10,14,17H,4-7H2,1-3H3. The molecule has 1 aliphatic carbocycles. The van der Waals surface area contributed by atoms with E-state index in [1.165, 1.54) is 16.7 Å². The van der Waals surface area contributed by atoms with Gasteiger partial charge in [0.05, 0.1) is 13.2 Å². The number of benzene rings is 1. The van der Waals surface area contributed by atoms with Gasteiger partial charge in [0.2, 0.25) is 0 Å². The van der Waals surface area contributed by atoms with E-state index in [2.05, 4.69) is 26.0 Å². The van der Waals surface area contributed by atoms with Gasteiger partial charge in [0.25, 0.3) is 0 Å². The predicted octanol–water partition coefficient (Wildman–Crippen LogP) is 3.63. The Labute approximate surface area is 109 Å². The molecule has 0 radical (unpaired) electrons. The third kappa shape index (κ3) is 2.75. The first kappa shape index (κ1) is 13.2. The number of aliphatic hydroxyl groups is 1. The number of ether oxygens (including phenoxy) is 1. The molecule has 0 saturated heterocycles. The molecule has 1 N–H and O–H groups in total. The van der Waals surface area contributed by atoms with Gasteiger partial charge in [0.1, 0.15) is 5.75 Å². The van der Waals surface area contributed by atoms with Crippen molar-refractivity contribution in [2.24, 2.45) is 0 Å².